The topological polar surface area (TPSA) is 72.1 Å². The predicted molar refractivity (Wildman–Crippen MR) is 109 cm³/mol. The summed E-state index contributed by atoms with van der Waals surface area (Å²) in [5.41, 5.74) is 4.65. The number of hydroxylamine groups is 1. The van der Waals surface area contributed by atoms with Gasteiger partial charge >= 0.3 is 5.97 Å². The van der Waals surface area contributed by atoms with Gasteiger partial charge in [0.15, 0.2) is 11.5 Å². The molecule has 0 spiro atoms. The second-order valence-corrected chi connectivity index (χ2v) is 7.30. The van der Waals surface area contributed by atoms with Crippen molar-refractivity contribution in [2.75, 3.05) is 45.9 Å². The molecule has 1 atom stereocenters. The van der Waals surface area contributed by atoms with Gasteiger partial charge in [-0.15, -0.1) is 5.48 Å². The van der Waals surface area contributed by atoms with Crippen LogP contribution in [0.4, 0.5) is 0 Å². The first-order valence-corrected chi connectivity index (χ1v) is 10.1. The van der Waals surface area contributed by atoms with E-state index in [0.29, 0.717) is 25.2 Å². The van der Waals surface area contributed by atoms with E-state index in [2.05, 4.69) is 15.7 Å². The van der Waals surface area contributed by atoms with Crippen LogP contribution in [0, 0.1) is 0 Å². The van der Waals surface area contributed by atoms with Gasteiger partial charge in [0, 0.05) is 32.7 Å². The van der Waals surface area contributed by atoms with E-state index in [9.17, 15) is 4.79 Å². The van der Waals surface area contributed by atoms with E-state index in [4.69, 9.17) is 14.3 Å². The summed E-state index contributed by atoms with van der Waals surface area (Å²) in [7, 11) is 0. The standard InChI is InChI=1S/C22H27N3O4/c26-22(18-4-2-1-3-5-18)29-24-19(16-25-10-8-23-9-11-25)14-17-6-7-20-21(15-17)28-13-12-27-20/h1-7,15,19,23-24H,8-14,16H2/t19-/m0/s1. The third-order valence-electron chi connectivity index (χ3n) is 5.10. The minimum absolute atomic E-state index is 0.0386. The van der Waals surface area contributed by atoms with E-state index >= 15 is 0 Å². The van der Waals surface area contributed by atoms with Gasteiger partial charge in [-0.3, -0.25) is 4.90 Å². The van der Waals surface area contributed by atoms with Crippen molar-refractivity contribution in [2.24, 2.45) is 0 Å². The highest BCUT2D eigenvalue weighted by atomic mass is 16.7. The molecule has 0 saturated carbocycles. The van der Waals surface area contributed by atoms with Crippen molar-refractivity contribution in [3.63, 3.8) is 0 Å². The molecular weight excluding hydrogens is 370 g/mol. The van der Waals surface area contributed by atoms with E-state index in [1.807, 2.05) is 36.4 Å². The fourth-order valence-electron chi connectivity index (χ4n) is 3.62. The first-order chi connectivity index (χ1) is 14.3. The van der Waals surface area contributed by atoms with E-state index in [0.717, 1.165) is 49.8 Å². The Morgan fingerprint density at radius 1 is 1.07 bits per heavy atom. The van der Waals surface area contributed by atoms with Crippen LogP contribution in [0.2, 0.25) is 0 Å². The minimum Gasteiger partial charge on any atom is -0.486 e. The molecule has 2 aromatic carbocycles. The van der Waals surface area contributed by atoms with Gasteiger partial charge in [0.25, 0.3) is 0 Å². The largest absolute Gasteiger partial charge is 0.486 e. The minimum atomic E-state index is -0.377. The Hall–Kier alpha value is -2.61. The Morgan fingerprint density at radius 3 is 2.62 bits per heavy atom. The highest BCUT2D eigenvalue weighted by Gasteiger charge is 2.20. The maximum Gasteiger partial charge on any atom is 0.356 e. The highest BCUT2D eigenvalue weighted by molar-refractivity contribution is 5.89. The van der Waals surface area contributed by atoms with Gasteiger partial charge < -0.3 is 19.6 Å². The monoisotopic (exact) mass is 397 g/mol. The van der Waals surface area contributed by atoms with Gasteiger partial charge in [0.05, 0.1) is 11.6 Å². The van der Waals surface area contributed by atoms with Crippen molar-refractivity contribution >= 4 is 5.97 Å². The molecule has 4 rings (SSSR count). The molecule has 29 heavy (non-hydrogen) atoms. The van der Waals surface area contributed by atoms with Crippen LogP contribution in [0.3, 0.4) is 0 Å². The van der Waals surface area contributed by atoms with Gasteiger partial charge in [0.2, 0.25) is 0 Å². The number of nitrogens with zero attached hydrogens (tertiary/aromatic N) is 1. The molecule has 1 saturated heterocycles. The molecule has 0 radical (unpaired) electrons. The molecule has 0 amide bonds. The molecule has 2 aliphatic heterocycles. The molecule has 0 aromatic heterocycles. The summed E-state index contributed by atoms with van der Waals surface area (Å²) in [4.78, 5) is 20.1. The number of carbonyl (C=O) groups is 1. The fourth-order valence-corrected chi connectivity index (χ4v) is 3.62. The molecule has 2 aliphatic rings. The molecule has 0 aliphatic carbocycles. The molecule has 0 unspecified atom stereocenters. The van der Waals surface area contributed by atoms with Crippen LogP contribution in [0.5, 0.6) is 11.5 Å². The number of rotatable bonds is 7. The summed E-state index contributed by atoms with van der Waals surface area (Å²) < 4.78 is 11.3. The second-order valence-electron chi connectivity index (χ2n) is 7.30. The zero-order valence-electron chi connectivity index (χ0n) is 16.4. The van der Waals surface area contributed by atoms with Crippen LogP contribution in [-0.4, -0.2) is 62.8 Å². The first-order valence-electron chi connectivity index (χ1n) is 10.1. The normalized spacial score (nSPS) is 17.5. The lowest BCUT2D eigenvalue weighted by Gasteiger charge is -2.31. The number of hydrogen-bond donors (Lipinski definition) is 2. The SMILES string of the molecule is O=C(ON[C@@H](Cc1ccc2c(c1)OCCO2)CN1CCNCC1)c1ccccc1. The molecular formula is C22H27N3O4. The van der Waals surface area contributed by atoms with E-state index in [-0.39, 0.29) is 12.0 Å². The highest BCUT2D eigenvalue weighted by Crippen LogP contribution is 2.31. The van der Waals surface area contributed by atoms with Crippen molar-refractivity contribution in [2.45, 2.75) is 12.5 Å². The summed E-state index contributed by atoms with van der Waals surface area (Å²) in [6.45, 7) is 5.83. The van der Waals surface area contributed by atoms with Gasteiger partial charge in [-0.2, -0.15) is 0 Å². The van der Waals surface area contributed by atoms with E-state index < -0.39 is 0 Å². The number of nitrogens with one attached hydrogen (secondary N) is 2. The maximum absolute atomic E-state index is 12.3. The van der Waals surface area contributed by atoms with E-state index in [1.165, 1.54) is 0 Å². The van der Waals surface area contributed by atoms with Crippen molar-refractivity contribution in [1.82, 2.24) is 15.7 Å². The van der Waals surface area contributed by atoms with Gasteiger partial charge in [-0.25, -0.2) is 4.79 Å². The number of benzene rings is 2. The molecule has 2 heterocycles. The second kappa shape index (κ2) is 9.73. The molecule has 2 N–H and O–H groups in total. The van der Waals surface area contributed by atoms with Gasteiger partial charge in [-0.05, 0) is 36.2 Å². The Balaban J connectivity index is 1.42. The molecule has 7 nitrogen and oxygen atoms in total. The van der Waals surface area contributed by atoms with Crippen LogP contribution in [0.1, 0.15) is 15.9 Å². The molecule has 7 heteroatoms. The zero-order valence-corrected chi connectivity index (χ0v) is 16.4. The van der Waals surface area contributed by atoms with Crippen LogP contribution >= 0.6 is 0 Å². The third-order valence-corrected chi connectivity index (χ3v) is 5.10. The average molecular weight is 397 g/mol. The molecule has 2 aromatic rings. The number of ether oxygens (including phenoxy) is 2. The molecule has 1 fully saturated rings. The lowest BCUT2D eigenvalue weighted by molar-refractivity contribution is 0.0106. The zero-order chi connectivity index (χ0) is 19.9. The number of hydrogen-bond acceptors (Lipinski definition) is 7. The Kier molecular flexibility index (Phi) is 6.61. The van der Waals surface area contributed by atoms with Crippen LogP contribution in [0.25, 0.3) is 0 Å². The predicted octanol–water partition coefficient (Wildman–Crippen LogP) is 1.64. The first kappa shape index (κ1) is 19.7. The van der Waals surface area contributed by atoms with Crippen LogP contribution < -0.4 is 20.3 Å². The lowest BCUT2D eigenvalue weighted by atomic mass is 10.0. The number of fused-ring (bicyclic) bond motifs is 1. The third kappa shape index (κ3) is 5.47. The molecule has 0 bridgehead atoms. The lowest BCUT2D eigenvalue weighted by Crippen LogP contribution is -2.50. The Labute approximate surface area is 170 Å². The summed E-state index contributed by atoms with van der Waals surface area (Å²) in [5, 5.41) is 3.37. The van der Waals surface area contributed by atoms with E-state index in [1.54, 1.807) is 12.1 Å². The summed E-state index contributed by atoms with van der Waals surface area (Å²) in [6, 6.07) is 15.0. The van der Waals surface area contributed by atoms with Crippen molar-refractivity contribution < 1.29 is 19.1 Å². The van der Waals surface area contributed by atoms with Crippen LogP contribution in [0.15, 0.2) is 48.5 Å². The fraction of sp³-hybridized carbons (Fsp3) is 0.409. The Morgan fingerprint density at radius 2 is 1.83 bits per heavy atom. The summed E-state index contributed by atoms with van der Waals surface area (Å²) in [5.74, 6) is 1.18. The quantitative estimate of drug-likeness (QED) is 0.688. The average Bonchev–Trinajstić information content (AvgIpc) is 2.78. The smallest absolute Gasteiger partial charge is 0.356 e. The van der Waals surface area contributed by atoms with Crippen molar-refractivity contribution in [3.8, 4) is 11.5 Å². The maximum atomic E-state index is 12.3. The van der Waals surface area contributed by atoms with Crippen LogP contribution in [-0.2, 0) is 11.3 Å². The van der Waals surface area contributed by atoms with Gasteiger partial charge in [0.1, 0.15) is 13.2 Å². The number of piperazine rings is 1. The summed E-state index contributed by atoms with van der Waals surface area (Å²) >= 11 is 0. The molecule has 154 valence electrons. The van der Waals surface area contributed by atoms with Gasteiger partial charge in [-0.1, -0.05) is 24.3 Å². The van der Waals surface area contributed by atoms with Crippen molar-refractivity contribution in [1.29, 1.82) is 0 Å². The summed E-state index contributed by atoms with van der Waals surface area (Å²) in [6.07, 6.45) is 0.711. The van der Waals surface area contributed by atoms with Crippen molar-refractivity contribution in [3.05, 3.63) is 59.7 Å². The number of carbonyl (C=O) groups excluding carboxylic acids is 1. The Bertz CT molecular complexity index is 809.